The maximum absolute atomic E-state index is 13.7. The predicted molar refractivity (Wildman–Crippen MR) is 239 cm³/mol. The molecule has 1 aromatic heterocycles. The summed E-state index contributed by atoms with van der Waals surface area (Å²) in [6.07, 6.45) is 6.98. The first-order valence-corrected chi connectivity index (χ1v) is 23.4. The van der Waals surface area contributed by atoms with Crippen LogP contribution in [0.5, 0.6) is 5.75 Å². The number of nitrogens with zero attached hydrogens (tertiary/aromatic N) is 9. The van der Waals surface area contributed by atoms with Gasteiger partial charge in [-0.05, 0) is 93.6 Å². The molecule has 4 N–H and O–H groups in total. The lowest BCUT2D eigenvalue weighted by atomic mass is 9.93. The largest absolute Gasteiger partial charge is 0.493 e. The van der Waals surface area contributed by atoms with Crippen LogP contribution in [0.1, 0.15) is 48.9 Å². The summed E-state index contributed by atoms with van der Waals surface area (Å²) in [5.41, 5.74) is 1.05. The Hall–Kier alpha value is -5.46. The zero-order valence-electron chi connectivity index (χ0n) is 37.7. The first kappa shape index (κ1) is 48.5. The van der Waals surface area contributed by atoms with Crippen LogP contribution >= 0.6 is 0 Å². The van der Waals surface area contributed by atoms with E-state index in [0.717, 1.165) is 51.7 Å². The zero-order valence-corrected chi connectivity index (χ0v) is 37.7. The Morgan fingerprint density at radius 1 is 0.682 bits per heavy atom. The topological polar surface area (TPSA) is 244 Å². The summed E-state index contributed by atoms with van der Waals surface area (Å²) in [6.45, 7) is 6.89. The molecule has 358 valence electrons. The van der Waals surface area contributed by atoms with Crippen molar-refractivity contribution in [1.29, 1.82) is 5.26 Å². The quantitative estimate of drug-likeness (QED) is 0.177. The van der Waals surface area contributed by atoms with Gasteiger partial charge in [0, 0.05) is 89.6 Å². The van der Waals surface area contributed by atoms with Crippen molar-refractivity contribution >= 4 is 46.5 Å². The smallest absolute Gasteiger partial charge is 0.317 e. The highest BCUT2D eigenvalue weighted by Gasteiger charge is 2.54. The number of carboxylic acids is 3. The molecule has 0 radical (unpaired) electrons. The number of carbonyl (C=O) groups is 6. The van der Waals surface area contributed by atoms with Crippen LogP contribution in [0.3, 0.4) is 0 Å². The average molecular weight is 917 g/mol. The molecule has 3 atom stereocenters. The van der Waals surface area contributed by atoms with Gasteiger partial charge in [-0.25, -0.2) is 0 Å². The van der Waals surface area contributed by atoms with Crippen LogP contribution in [0.2, 0.25) is 0 Å². The number of rotatable bonds is 16. The molecule has 20 nitrogen and oxygen atoms in total. The molecule has 4 aliphatic heterocycles. The summed E-state index contributed by atoms with van der Waals surface area (Å²) in [4.78, 5) is 92.4. The summed E-state index contributed by atoms with van der Waals surface area (Å²) in [6, 6.07) is 9.07. The van der Waals surface area contributed by atoms with Gasteiger partial charge >= 0.3 is 17.9 Å². The fourth-order valence-electron chi connectivity index (χ4n) is 10.0. The van der Waals surface area contributed by atoms with E-state index < -0.39 is 23.9 Å². The highest BCUT2D eigenvalue weighted by molar-refractivity contribution is 6.07. The summed E-state index contributed by atoms with van der Waals surface area (Å²) in [5, 5.41) is 41.4. The second-order valence-electron chi connectivity index (χ2n) is 18.6. The molecule has 20 heteroatoms. The van der Waals surface area contributed by atoms with E-state index in [4.69, 9.17) is 4.74 Å². The van der Waals surface area contributed by atoms with E-state index in [1.807, 2.05) is 28.0 Å². The van der Waals surface area contributed by atoms with Crippen LogP contribution in [-0.2, 0) is 24.0 Å². The normalized spacial score (nSPS) is 23.6. The molecule has 1 aromatic carbocycles. The lowest BCUT2D eigenvalue weighted by Gasteiger charge is -2.38. The Labute approximate surface area is 385 Å². The average Bonchev–Trinajstić information content (AvgIpc) is 3.96. The number of carbonyl (C=O) groups excluding carboxylic acids is 3. The van der Waals surface area contributed by atoms with E-state index in [0.29, 0.717) is 118 Å². The number of ether oxygens (including phenoxy) is 1. The summed E-state index contributed by atoms with van der Waals surface area (Å²) in [7, 11) is 0. The van der Waals surface area contributed by atoms with Gasteiger partial charge in [0.25, 0.3) is 5.91 Å². The molecular formula is C46H64N10O10. The highest BCUT2D eigenvalue weighted by atomic mass is 16.5. The number of fused-ring (bicyclic) bond motifs is 2. The summed E-state index contributed by atoms with van der Waals surface area (Å²) in [5.74, 6) is -1.71. The summed E-state index contributed by atoms with van der Waals surface area (Å²) >= 11 is 0. The molecule has 66 heavy (non-hydrogen) atoms. The minimum Gasteiger partial charge on any atom is -0.493 e. The molecule has 0 unspecified atom stereocenters. The monoisotopic (exact) mass is 916 g/mol. The van der Waals surface area contributed by atoms with Gasteiger partial charge in [0.2, 0.25) is 11.8 Å². The number of aromatic nitrogens is 1. The number of hydrogen-bond acceptors (Lipinski definition) is 14. The van der Waals surface area contributed by atoms with Crippen molar-refractivity contribution in [1.82, 2.24) is 44.6 Å². The van der Waals surface area contributed by atoms with Gasteiger partial charge in [-0.3, -0.25) is 53.4 Å². The molecule has 0 bridgehead atoms. The minimum atomic E-state index is -1.01. The Morgan fingerprint density at radius 2 is 1.24 bits per heavy atom. The fourth-order valence-corrected chi connectivity index (χ4v) is 10.0. The molecule has 7 rings (SSSR count). The fraction of sp³-hybridized carbons (Fsp3) is 0.652. The number of benzene rings is 1. The van der Waals surface area contributed by atoms with Gasteiger partial charge in [0.1, 0.15) is 11.8 Å². The molecule has 2 aromatic rings. The second-order valence-corrected chi connectivity index (χ2v) is 18.6. The molecule has 5 fully saturated rings. The third-order valence-electron chi connectivity index (χ3n) is 13.9. The van der Waals surface area contributed by atoms with E-state index in [1.54, 1.807) is 31.9 Å². The number of likely N-dealkylation sites (tertiary alicyclic amines) is 3. The molecule has 1 saturated carbocycles. The van der Waals surface area contributed by atoms with Crippen LogP contribution in [0, 0.1) is 29.1 Å². The van der Waals surface area contributed by atoms with Gasteiger partial charge < -0.3 is 40.1 Å². The minimum absolute atomic E-state index is 0.00160. The maximum atomic E-state index is 13.7. The van der Waals surface area contributed by atoms with Crippen molar-refractivity contribution in [3.05, 3.63) is 36.0 Å². The third-order valence-corrected chi connectivity index (χ3v) is 13.9. The Balaban J connectivity index is 0.835. The number of nitrogens with one attached hydrogen (secondary N) is 1. The molecule has 5 heterocycles. The van der Waals surface area contributed by atoms with E-state index in [9.17, 15) is 49.3 Å². The number of piperidine rings is 3. The van der Waals surface area contributed by atoms with Crippen molar-refractivity contribution in [2.75, 3.05) is 124 Å². The number of nitriles is 1. The number of carboxylic acid groups (broad SMARTS) is 3. The van der Waals surface area contributed by atoms with E-state index in [2.05, 4.69) is 21.3 Å². The first-order valence-electron chi connectivity index (χ1n) is 23.4. The van der Waals surface area contributed by atoms with Crippen molar-refractivity contribution in [3.63, 3.8) is 0 Å². The van der Waals surface area contributed by atoms with Crippen molar-refractivity contribution in [3.8, 4) is 11.8 Å². The third kappa shape index (κ3) is 13.6. The molecule has 4 saturated heterocycles. The molecule has 0 spiro atoms. The molecule has 5 aliphatic rings. The van der Waals surface area contributed by atoms with Gasteiger partial charge in [-0.2, -0.15) is 5.26 Å². The standard InChI is InChI=1S/C46H64N10O10/c47-24-35-21-34-22-40(34)56(35)41(57)25-49-46(65)37-3-8-48-39-2-1-36(23-38(37)39)66-31-33-4-9-50(10-5-33)26-32-6-11-55(12-7-32)42(58)27-51-13-15-52(28-43(59)60)17-19-54(30-45(63)64)20-18-53(16-14-51)29-44(61)62/h1-3,8,23,32-35,40H,4-7,9-22,25-31H2,(H,49,65)(H,59,60)(H,61,62)(H,63,64)/t34-,35+,40+/m1/s1. The van der Waals surface area contributed by atoms with Crippen LogP contribution in [0.4, 0.5) is 0 Å². The lowest BCUT2D eigenvalue weighted by Crippen LogP contribution is -2.51. The SMILES string of the molecule is N#C[C@@H]1C[C@@H]2C[C@@H]2N1C(=O)CNC(=O)c1ccnc2ccc(OCC3CCN(CC4CCN(C(=O)CN5CCN(CC(=O)O)CCN(CC(=O)O)CCN(CC(=O)O)CC5)CC4)CC3)cc12. The van der Waals surface area contributed by atoms with Gasteiger partial charge in [-0.15, -0.1) is 0 Å². The molecule has 1 aliphatic carbocycles. The van der Waals surface area contributed by atoms with Gasteiger partial charge in [-0.1, -0.05) is 0 Å². The maximum Gasteiger partial charge on any atom is 0.317 e. The highest BCUT2D eigenvalue weighted by Crippen LogP contribution is 2.47. The molecular weight excluding hydrogens is 853 g/mol. The Kier molecular flexibility index (Phi) is 16.8. The van der Waals surface area contributed by atoms with E-state index >= 15 is 0 Å². The number of amides is 3. The van der Waals surface area contributed by atoms with Crippen LogP contribution in [-0.4, -0.2) is 227 Å². The number of pyridine rings is 1. The van der Waals surface area contributed by atoms with Crippen molar-refractivity contribution < 1.29 is 48.8 Å². The van der Waals surface area contributed by atoms with Crippen LogP contribution < -0.4 is 10.1 Å². The Bertz CT molecular complexity index is 2070. The van der Waals surface area contributed by atoms with E-state index in [1.165, 1.54) is 0 Å². The van der Waals surface area contributed by atoms with Gasteiger partial charge in [0.05, 0.1) is 56.5 Å². The van der Waals surface area contributed by atoms with E-state index in [-0.39, 0.29) is 56.5 Å². The molecule has 3 amide bonds. The van der Waals surface area contributed by atoms with Crippen molar-refractivity contribution in [2.45, 2.75) is 50.6 Å². The van der Waals surface area contributed by atoms with Gasteiger partial charge in [0.15, 0.2) is 0 Å². The predicted octanol–water partition coefficient (Wildman–Crippen LogP) is 0.282. The van der Waals surface area contributed by atoms with Crippen LogP contribution in [0.25, 0.3) is 10.9 Å². The first-order chi connectivity index (χ1) is 31.8. The lowest BCUT2D eigenvalue weighted by molar-refractivity contribution is -0.141. The summed E-state index contributed by atoms with van der Waals surface area (Å²) < 4.78 is 6.28. The zero-order chi connectivity index (χ0) is 46.7. The Morgan fingerprint density at radius 3 is 1.80 bits per heavy atom. The second kappa shape index (κ2) is 22.8. The number of hydrogen-bond donors (Lipinski definition) is 4. The van der Waals surface area contributed by atoms with Crippen molar-refractivity contribution in [2.24, 2.45) is 17.8 Å². The number of aliphatic carboxylic acids is 3. The van der Waals surface area contributed by atoms with Crippen LogP contribution in [0.15, 0.2) is 30.5 Å².